The minimum atomic E-state index is -0.104. The predicted molar refractivity (Wildman–Crippen MR) is 46.3 cm³/mol. The largest absolute Gasteiger partial charge is 0.459 e. The van der Waals surface area contributed by atoms with Crippen molar-refractivity contribution >= 4 is 5.97 Å². The fourth-order valence-corrected chi connectivity index (χ4v) is 1.74. The second-order valence-electron chi connectivity index (χ2n) is 3.57. The maximum Gasteiger partial charge on any atom is 0.323 e. The first kappa shape index (κ1) is 8.97. The van der Waals surface area contributed by atoms with E-state index in [4.69, 9.17) is 9.47 Å². The minimum absolute atomic E-state index is 0.00472. The van der Waals surface area contributed by atoms with E-state index in [2.05, 4.69) is 5.32 Å². The lowest BCUT2D eigenvalue weighted by Crippen LogP contribution is -2.35. The van der Waals surface area contributed by atoms with Gasteiger partial charge in [0.05, 0.1) is 13.2 Å². The number of ether oxygens (including phenoxy) is 2. The topological polar surface area (TPSA) is 47.6 Å². The van der Waals surface area contributed by atoms with Crippen LogP contribution in [0, 0.1) is 0 Å². The zero-order valence-corrected chi connectivity index (χ0v) is 7.62. The van der Waals surface area contributed by atoms with Crippen LogP contribution in [-0.2, 0) is 14.3 Å². The molecule has 1 N–H and O–H groups in total. The van der Waals surface area contributed by atoms with Crippen molar-refractivity contribution in [2.24, 2.45) is 0 Å². The lowest BCUT2D eigenvalue weighted by molar-refractivity contribution is -0.151. The van der Waals surface area contributed by atoms with Crippen LogP contribution in [0.2, 0.25) is 0 Å². The SMILES string of the molecule is O=C(OC1CCOC1)[C@H]1CCCN1. The molecule has 2 saturated heterocycles. The van der Waals surface area contributed by atoms with Crippen molar-refractivity contribution in [2.75, 3.05) is 19.8 Å². The van der Waals surface area contributed by atoms with E-state index in [0.717, 1.165) is 32.4 Å². The average Bonchev–Trinajstić information content (AvgIpc) is 2.74. The number of esters is 1. The van der Waals surface area contributed by atoms with E-state index in [0.29, 0.717) is 6.61 Å². The molecule has 2 fully saturated rings. The second-order valence-corrected chi connectivity index (χ2v) is 3.57. The molecule has 2 aliphatic rings. The summed E-state index contributed by atoms with van der Waals surface area (Å²) in [5.74, 6) is -0.104. The van der Waals surface area contributed by atoms with E-state index in [1.165, 1.54) is 0 Å². The second kappa shape index (κ2) is 4.07. The number of hydrogen-bond acceptors (Lipinski definition) is 4. The van der Waals surface area contributed by atoms with Gasteiger partial charge >= 0.3 is 5.97 Å². The highest BCUT2D eigenvalue weighted by Gasteiger charge is 2.27. The van der Waals surface area contributed by atoms with Gasteiger partial charge in [-0.25, -0.2) is 0 Å². The molecule has 0 aromatic rings. The Morgan fingerprint density at radius 2 is 2.38 bits per heavy atom. The Kier molecular flexibility index (Phi) is 2.80. The molecule has 2 heterocycles. The summed E-state index contributed by atoms with van der Waals surface area (Å²) in [5, 5.41) is 3.11. The molecule has 74 valence electrons. The number of carbonyl (C=O) groups excluding carboxylic acids is 1. The quantitative estimate of drug-likeness (QED) is 0.618. The molecule has 0 radical (unpaired) electrons. The van der Waals surface area contributed by atoms with Gasteiger partial charge in [0, 0.05) is 6.42 Å². The first-order valence-electron chi connectivity index (χ1n) is 4.88. The van der Waals surface area contributed by atoms with Crippen LogP contribution in [0.25, 0.3) is 0 Å². The van der Waals surface area contributed by atoms with Crippen molar-refractivity contribution < 1.29 is 14.3 Å². The molecule has 0 spiro atoms. The summed E-state index contributed by atoms with van der Waals surface area (Å²) in [6, 6.07) is -0.0689. The Hall–Kier alpha value is -0.610. The van der Waals surface area contributed by atoms with Crippen molar-refractivity contribution in [3.05, 3.63) is 0 Å². The highest BCUT2D eigenvalue weighted by atomic mass is 16.6. The van der Waals surface area contributed by atoms with Gasteiger partial charge in [0.2, 0.25) is 0 Å². The van der Waals surface area contributed by atoms with Crippen molar-refractivity contribution in [2.45, 2.75) is 31.4 Å². The lowest BCUT2D eigenvalue weighted by atomic mass is 10.2. The number of hydrogen-bond donors (Lipinski definition) is 1. The zero-order valence-electron chi connectivity index (χ0n) is 7.62. The molecule has 0 amide bonds. The molecule has 0 aromatic heterocycles. The van der Waals surface area contributed by atoms with Gasteiger partial charge in [0.1, 0.15) is 12.1 Å². The first-order chi connectivity index (χ1) is 6.36. The van der Waals surface area contributed by atoms with Crippen LogP contribution in [0.15, 0.2) is 0 Å². The molecule has 13 heavy (non-hydrogen) atoms. The lowest BCUT2D eigenvalue weighted by Gasteiger charge is -2.13. The summed E-state index contributed by atoms with van der Waals surface area (Å²) in [5.41, 5.74) is 0. The highest BCUT2D eigenvalue weighted by molar-refractivity contribution is 5.76. The Bertz CT molecular complexity index is 183. The Labute approximate surface area is 77.6 Å². The van der Waals surface area contributed by atoms with Crippen LogP contribution >= 0.6 is 0 Å². The van der Waals surface area contributed by atoms with Crippen LogP contribution in [-0.4, -0.2) is 37.9 Å². The third kappa shape index (κ3) is 2.19. The van der Waals surface area contributed by atoms with Crippen LogP contribution < -0.4 is 5.32 Å². The van der Waals surface area contributed by atoms with Gasteiger partial charge in [-0.2, -0.15) is 0 Å². The van der Waals surface area contributed by atoms with Crippen molar-refractivity contribution in [3.63, 3.8) is 0 Å². The van der Waals surface area contributed by atoms with Crippen LogP contribution in [0.1, 0.15) is 19.3 Å². The van der Waals surface area contributed by atoms with E-state index in [1.807, 2.05) is 0 Å². The molecule has 1 unspecified atom stereocenters. The Morgan fingerprint density at radius 3 is 3.00 bits per heavy atom. The summed E-state index contributed by atoms with van der Waals surface area (Å²) in [6.07, 6.45) is 2.82. The van der Waals surface area contributed by atoms with Crippen LogP contribution in [0.4, 0.5) is 0 Å². The van der Waals surface area contributed by atoms with Crippen molar-refractivity contribution in [1.82, 2.24) is 5.32 Å². The van der Waals surface area contributed by atoms with E-state index in [-0.39, 0.29) is 18.1 Å². The summed E-state index contributed by atoms with van der Waals surface area (Å²) in [4.78, 5) is 11.5. The summed E-state index contributed by atoms with van der Waals surface area (Å²) >= 11 is 0. The molecular formula is C9H15NO3. The van der Waals surface area contributed by atoms with Gasteiger partial charge in [0.25, 0.3) is 0 Å². The Balaban J connectivity index is 1.76. The van der Waals surface area contributed by atoms with Gasteiger partial charge in [-0.3, -0.25) is 4.79 Å². The third-order valence-corrected chi connectivity index (χ3v) is 2.52. The summed E-state index contributed by atoms with van der Waals surface area (Å²) < 4.78 is 10.4. The predicted octanol–water partition coefficient (Wildman–Crippen LogP) is 0.0705. The Morgan fingerprint density at radius 1 is 1.46 bits per heavy atom. The number of rotatable bonds is 2. The molecule has 0 bridgehead atoms. The third-order valence-electron chi connectivity index (χ3n) is 2.52. The molecule has 0 aliphatic carbocycles. The average molecular weight is 185 g/mol. The molecule has 2 atom stereocenters. The number of carbonyl (C=O) groups is 1. The van der Waals surface area contributed by atoms with Gasteiger partial charge < -0.3 is 14.8 Å². The first-order valence-corrected chi connectivity index (χ1v) is 4.88. The molecule has 0 aromatic carbocycles. The molecule has 2 rings (SSSR count). The molecular weight excluding hydrogens is 170 g/mol. The standard InChI is InChI=1S/C9H15NO3/c11-9(8-2-1-4-10-8)13-7-3-5-12-6-7/h7-8,10H,1-6H2/t7?,8-/m1/s1. The van der Waals surface area contributed by atoms with Crippen LogP contribution in [0.3, 0.4) is 0 Å². The van der Waals surface area contributed by atoms with Crippen molar-refractivity contribution in [3.8, 4) is 0 Å². The number of nitrogens with one attached hydrogen (secondary N) is 1. The van der Waals surface area contributed by atoms with Crippen molar-refractivity contribution in [1.29, 1.82) is 0 Å². The van der Waals surface area contributed by atoms with E-state index in [9.17, 15) is 4.79 Å². The summed E-state index contributed by atoms with van der Waals surface area (Å²) in [7, 11) is 0. The smallest absolute Gasteiger partial charge is 0.323 e. The molecule has 0 saturated carbocycles. The fraction of sp³-hybridized carbons (Fsp3) is 0.889. The molecule has 2 aliphatic heterocycles. The van der Waals surface area contributed by atoms with E-state index < -0.39 is 0 Å². The van der Waals surface area contributed by atoms with E-state index in [1.54, 1.807) is 0 Å². The molecule has 4 nitrogen and oxygen atoms in total. The fourth-order valence-electron chi connectivity index (χ4n) is 1.74. The molecule has 4 heteroatoms. The maximum atomic E-state index is 11.5. The van der Waals surface area contributed by atoms with E-state index >= 15 is 0 Å². The zero-order chi connectivity index (χ0) is 9.10. The monoisotopic (exact) mass is 185 g/mol. The van der Waals surface area contributed by atoms with Gasteiger partial charge in [-0.05, 0) is 19.4 Å². The van der Waals surface area contributed by atoms with Gasteiger partial charge in [0.15, 0.2) is 0 Å². The normalized spacial score (nSPS) is 33.5. The minimum Gasteiger partial charge on any atom is -0.459 e. The maximum absolute atomic E-state index is 11.5. The van der Waals surface area contributed by atoms with Gasteiger partial charge in [-0.15, -0.1) is 0 Å². The van der Waals surface area contributed by atoms with Crippen LogP contribution in [0.5, 0.6) is 0 Å². The summed E-state index contributed by atoms with van der Waals surface area (Å²) in [6.45, 7) is 2.22. The highest BCUT2D eigenvalue weighted by Crippen LogP contribution is 2.12. The van der Waals surface area contributed by atoms with Gasteiger partial charge in [-0.1, -0.05) is 0 Å².